The van der Waals surface area contributed by atoms with Crippen molar-refractivity contribution in [2.45, 2.75) is 46.0 Å². The molecule has 15 heavy (non-hydrogen) atoms. The van der Waals surface area contributed by atoms with E-state index in [2.05, 4.69) is 50.3 Å². The first-order valence-corrected chi connectivity index (χ1v) is 6.13. The second kappa shape index (κ2) is 7.28. The molecule has 0 spiro atoms. The molecule has 0 unspecified atom stereocenters. The Bertz CT molecular complexity index is 282. The van der Waals surface area contributed by atoms with Crippen LogP contribution in [0.5, 0.6) is 0 Å². The van der Waals surface area contributed by atoms with Gasteiger partial charge in [0.25, 0.3) is 0 Å². The Kier molecular flexibility index (Phi) is 5.84. The summed E-state index contributed by atoms with van der Waals surface area (Å²) in [6.07, 6.45) is 8.64. The summed E-state index contributed by atoms with van der Waals surface area (Å²) >= 11 is 0. The Balaban J connectivity index is 2.72. The van der Waals surface area contributed by atoms with Gasteiger partial charge < -0.3 is 0 Å². The number of hydrogen-bond acceptors (Lipinski definition) is 0. The van der Waals surface area contributed by atoms with E-state index in [1.165, 1.54) is 43.2 Å². The van der Waals surface area contributed by atoms with Crippen LogP contribution in [0.15, 0.2) is 36.4 Å². The van der Waals surface area contributed by atoms with Gasteiger partial charge in [-0.05, 0) is 30.4 Å². The molecule has 0 saturated heterocycles. The molecule has 0 aliphatic carbocycles. The Hall–Kier alpha value is -1.04. The molecule has 82 valence electrons. The quantitative estimate of drug-likeness (QED) is 0.605. The van der Waals surface area contributed by atoms with Gasteiger partial charge in [0.15, 0.2) is 0 Å². The van der Waals surface area contributed by atoms with E-state index in [0.717, 1.165) is 0 Å². The molecule has 0 saturated carbocycles. The highest BCUT2D eigenvalue weighted by atomic mass is 14.0. The van der Waals surface area contributed by atoms with Gasteiger partial charge in [-0.2, -0.15) is 0 Å². The van der Waals surface area contributed by atoms with Crippen molar-refractivity contribution in [1.82, 2.24) is 0 Å². The number of allylic oxidation sites excluding steroid dienone is 2. The van der Waals surface area contributed by atoms with E-state index >= 15 is 0 Å². The summed E-state index contributed by atoms with van der Waals surface area (Å²) in [5.74, 6) is 0. The van der Waals surface area contributed by atoms with Crippen LogP contribution in [0.4, 0.5) is 0 Å². The Morgan fingerprint density at radius 2 is 1.80 bits per heavy atom. The lowest BCUT2D eigenvalue weighted by Crippen LogP contribution is -1.85. The van der Waals surface area contributed by atoms with Crippen molar-refractivity contribution in [2.75, 3.05) is 0 Å². The lowest BCUT2D eigenvalue weighted by molar-refractivity contribution is 0.820. The van der Waals surface area contributed by atoms with Crippen molar-refractivity contribution in [3.63, 3.8) is 0 Å². The number of hydrogen-bond donors (Lipinski definition) is 0. The van der Waals surface area contributed by atoms with Gasteiger partial charge >= 0.3 is 0 Å². The molecular formula is C15H22. The first kappa shape index (κ1) is 12.0. The van der Waals surface area contributed by atoms with Gasteiger partial charge in [-0.3, -0.25) is 0 Å². The van der Waals surface area contributed by atoms with E-state index in [4.69, 9.17) is 0 Å². The molecule has 1 aromatic rings. The summed E-state index contributed by atoms with van der Waals surface area (Å²) in [4.78, 5) is 0. The molecule has 0 N–H and O–H groups in total. The van der Waals surface area contributed by atoms with E-state index in [1.54, 1.807) is 0 Å². The van der Waals surface area contributed by atoms with E-state index in [9.17, 15) is 0 Å². The maximum atomic E-state index is 2.41. The second-order valence-corrected chi connectivity index (χ2v) is 3.99. The highest BCUT2D eigenvalue weighted by Crippen LogP contribution is 2.21. The summed E-state index contributed by atoms with van der Waals surface area (Å²) < 4.78 is 0. The van der Waals surface area contributed by atoms with Gasteiger partial charge in [-0.15, -0.1) is 0 Å². The molecule has 0 atom stereocenters. The minimum absolute atomic E-state index is 1.20. The van der Waals surface area contributed by atoms with Gasteiger partial charge in [-0.25, -0.2) is 0 Å². The number of unbranched alkanes of at least 4 members (excludes halogenated alkanes) is 2. The molecule has 0 bridgehead atoms. The summed E-state index contributed by atoms with van der Waals surface area (Å²) in [5.41, 5.74) is 2.93. The van der Waals surface area contributed by atoms with E-state index < -0.39 is 0 Å². The Labute approximate surface area is 94.0 Å². The normalized spacial score (nSPS) is 11.7. The van der Waals surface area contributed by atoms with Gasteiger partial charge in [0.05, 0.1) is 0 Å². The topological polar surface area (TPSA) is 0 Å². The molecule has 0 aliphatic rings. The highest BCUT2D eigenvalue weighted by molar-refractivity contribution is 5.65. The van der Waals surface area contributed by atoms with Crippen molar-refractivity contribution < 1.29 is 0 Å². The van der Waals surface area contributed by atoms with Crippen LogP contribution in [-0.4, -0.2) is 0 Å². The number of rotatable bonds is 6. The Morgan fingerprint density at radius 3 is 2.40 bits per heavy atom. The average molecular weight is 202 g/mol. The lowest BCUT2D eigenvalue weighted by Gasteiger charge is -2.07. The van der Waals surface area contributed by atoms with E-state index in [1.807, 2.05) is 0 Å². The van der Waals surface area contributed by atoms with Crippen molar-refractivity contribution in [3.8, 4) is 0 Å². The van der Waals surface area contributed by atoms with Crippen molar-refractivity contribution in [2.24, 2.45) is 0 Å². The van der Waals surface area contributed by atoms with Crippen LogP contribution >= 0.6 is 0 Å². The highest BCUT2D eigenvalue weighted by Gasteiger charge is 1.99. The zero-order valence-electron chi connectivity index (χ0n) is 10.00. The fourth-order valence-electron chi connectivity index (χ4n) is 1.70. The smallest absolute Gasteiger partial charge is 0.0228 e. The standard InChI is InChI=1S/C15H22/c1-3-5-10-14(11-6-4-2)15-12-8-7-9-13-15/h7-10,12-13H,3-6,11H2,1-2H3/b14-10+. The summed E-state index contributed by atoms with van der Waals surface area (Å²) in [6.45, 7) is 4.49. The molecule has 0 amide bonds. The van der Waals surface area contributed by atoms with Crippen molar-refractivity contribution >= 4 is 5.57 Å². The summed E-state index contributed by atoms with van der Waals surface area (Å²) in [6, 6.07) is 10.8. The second-order valence-electron chi connectivity index (χ2n) is 3.99. The van der Waals surface area contributed by atoms with Crippen LogP contribution in [0.2, 0.25) is 0 Å². The molecule has 0 fully saturated rings. The molecular weight excluding hydrogens is 180 g/mol. The molecule has 0 aromatic heterocycles. The predicted octanol–water partition coefficient (Wildman–Crippen LogP) is 5.06. The third-order valence-electron chi connectivity index (χ3n) is 2.62. The zero-order chi connectivity index (χ0) is 10.9. The molecule has 0 radical (unpaired) electrons. The molecule has 1 rings (SSSR count). The molecule has 0 heteroatoms. The first-order valence-electron chi connectivity index (χ1n) is 6.13. The molecule has 0 nitrogen and oxygen atoms in total. The first-order chi connectivity index (χ1) is 7.38. The van der Waals surface area contributed by atoms with E-state index in [0.29, 0.717) is 0 Å². The fraction of sp³-hybridized carbons (Fsp3) is 0.467. The minimum atomic E-state index is 1.20. The summed E-state index contributed by atoms with van der Waals surface area (Å²) in [5, 5.41) is 0. The van der Waals surface area contributed by atoms with Crippen LogP contribution in [0.3, 0.4) is 0 Å². The van der Waals surface area contributed by atoms with Crippen LogP contribution in [0, 0.1) is 0 Å². The number of benzene rings is 1. The SMILES string of the molecule is CCC/C=C(\CCCC)c1ccccc1. The molecule has 1 aromatic carbocycles. The van der Waals surface area contributed by atoms with Crippen LogP contribution in [-0.2, 0) is 0 Å². The van der Waals surface area contributed by atoms with Gasteiger partial charge in [0.2, 0.25) is 0 Å². The van der Waals surface area contributed by atoms with Crippen LogP contribution in [0.1, 0.15) is 51.5 Å². The molecule has 0 aliphatic heterocycles. The predicted molar refractivity (Wildman–Crippen MR) is 68.9 cm³/mol. The third kappa shape index (κ3) is 4.33. The molecule has 0 heterocycles. The van der Waals surface area contributed by atoms with Crippen molar-refractivity contribution in [3.05, 3.63) is 42.0 Å². The maximum Gasteiger partial charge on any atom is -0.0228 e. The maximum absolute atomic E-state index is 2.41. The monoisotopic (exact) mass is 202 g/mol. The fourth-order valence-corrected chi connectivity index (χ4v) is 1.70. The largest absolute Gasteiger partial charge is 0.0807 e. The van der Waals surface area contributed by atoms with Crippen LogP contribution in [0.25, 0.3) is 5.57 Å². The third-order valence-corrected chi connectivity index (χ3v) is 2.62. The zero-order valence-corrected chi connectivity index (χ0v) is 10.00. The van der Waals surface area contributed by atoms with Gasteiger partial charge in [0, 0.05) is 0 Å². The van der Waals surface area contributed by atoms with Crippen molar-refractivity contribution in [1.29, 1.82) is 0 Å². The lowest BCUT2D eigenvalue weighted by atomic mass is 9.99. The van der Waals surface area contributed by atoms with E-state index in [-0.39, 0.29) is 0 Å². The van der Waals surface area contributed by atoms with Gasteiger partial charge in [0.1, 0.15) is 0 Å². The average Bonchev–Trinajstić information content (AvgIpc) is 2.30. The van der Waals surface area contributed by atoms with Crippen LogP contribution < -0.4 is 0 Å². The van der Waals surface area contributed by atoms with Gasteiger partial charge in [-0.1, -0.05) is 63.1 Å². The summed E-state index contributed by atoms with van der Waals surface area (Å²) in [7, 11) is 0. The Morgan fingerprint density at radius 1 is 1.07 bits per heavy atom. The minimum Gasteiger partial charge on any atom is -0.0807 e.